The van der Waals surface area contributed by atoms with Crippen LogP contribution in [0.15, 0.2) is 29.3 Å². The molecule has 0 aliphatic carbocycles. The second kappa shape index (κ2) is 6.57. The molecule has 1 aromatic carbocycles. The van der Waals surface area contributed by atoms with E-state index < -0.39 is 15.8 Å². The highest BCUT2D eigenvalue weighted by Gasteiger charge is 2.32. The largest absolute Gasteiger partial charge is 0.378 e. The van der Waals surface area contributed by atoms with Gasteiger partial charge in [-0.1, -0.05) is 0 Å². The van der Waals surface area contributed by atoms with Gasteiger partial charge in [-0.25, -0.2) is 22.8 Å². The van der Waals surface area contributed by atoms with Crippen molar-refractivity contribution in [3.8, 4) is 0 Å². The number of sulfonamides is 1. The fourth-order valence-corrected chi connectivity index (χ4v) is 4.59. The number of aryl methyl sites for hydroxylation is 1. The van der Waals surface area contributed by atoms with Crippen molar-refractivity contribution in [2.45, 2.75) is 24.9 Å². The summed E-state index contributed by atoms with van der Waals surface area (Å²) in [4.78, 5) is 11.1. The summed E-state index contributed by atoms with van der Waals surface area (Å²) in [6.07, 6.45) is 1.69. The molecule has 1 saturated heterocycles. The van der Waals surface area contributed by atoms with Crippen LogP contribution in [0.1, 0.15) is 16.8 Å². The summed E-state index contributed by atoms with van der Waals surface area (Å²) in [5, 5.41) is 0. The molecule has 26 heavy (non-hydrogen) atoms. The Balaban J connectivity index is 1.58. The van der Waals surface area contributed by atoms with E-state index >= 15 is 0 Å². The van der Waals surface area contributed by atoms with Crippen LogP contribution in [0.5, 0.6) is 0 Å². The molecule has 0 spiro atoms. The van der Waals surface area contributed by atoms with Gasteiger partial charge in [0, 0.05) is 31.4 Å². The average Bonchev–Trinajstić information content (AvgIpc) is 3.09. The third-order valence-electron chi connectivity index (χ3n) is 4.68. The smallest absolute Gasteiger partial charge is 0.243 e. The van der Waals surface area contributed by atoms with Gasteiger partial charge in [-0.3, -0.25) is 0 Å². The van der Waals surface area contributed by atoms with Crippen molar-refractivity contribution in [1.82, 2.24) is 14.3 Å². The highest BCUT2D eigenvalue weighted by Crippen LogP contribution is 2.29. The van der Waals surface area contributed by atoms with Crippen LogP contribution in [-0.4, -0.2) is 49.0 Å². The molecule has 0 N–H and O–H groups in total. The van der Waals surface area contributed by atoms with E-state index in [1.807, 2.05) is 4.90 Å². The molecule has 2 aliphatic rings. The van der Waals surface area contributed by atoms with Crippen LogP contribution in [0.2, 0.25) is 0 Å². The Hall–Kier alpha value is -2.10. The zero-order valence-corrected chi connectivity index (χ0v) is 15.2. The molecule has 138 valence electrons. The minimum Gasteiger partial charge on any atom is -0.378 e. The first-order valence-corrected chi connectivity index (χ1v) is 9.83. The van der Waals surface area contributed by atoms with Gasteiger partial charge in [0.1, 0.15) is 5.82 Å². The van der Waals surface area contributed by atoms with Crippen molar-refractivity contribution in [3.63, 3.8) is 0 Å². The van der Waals surface area contributed by atoms with Crippen molar-refractivity contribution in [3.05, 3.63) is 47.0 Å². The maximum Gasteiger partial charge on any atom is 0.243 e. The van der Waals surface area contributed by atoms with Crippen LogP contribution in [0.25, 0.3) is 0 Å². The molecule has 0 bridgehead atoms. The number of rotatable bonds is 3. The minimum atomic E-state index is -3.72. The first-order chi connectivity index (χ1) is 12.4. The van der Waals surface area contributed by atoms with Crippen molar-refractivity contribution in [1.29, 1.82) is 0 Å². The summed E-state index contributed by atoms with van der Waals surface area (Å²) in [6.45, 7) is 4.65. The van der Waals surface area contributed by atoms with E-state index in [2.05, 4.69) is 9.97 Å². The third kappa shape index (κ3) is 3.06. The Labute approximate surface area is 151 Å². The summed E-state index contributed by atoms with van der Waals surface area (Å²) in [7, 11) is -3.72. The molecule has 7 nitrogen and oxygen atoms in total. The Morgan fingerprint density at radius 3 is 2.69 bits per heavy atom. The lowest BCUT2D eigenvalue weighted by Gasteiger charge is -2.26. The van der Waals surface area contributed by atoms with E-state index in [1.54, 1.807) is 13.1 Å². The SMILES string of the molecule is Cc1cc(S(=O)(=O)N2Cc3cnc(N4CCOCC4)nc3C2)ccc1F. The lowest BCUT2D eigenvalue weighted by atomic mass is 10.2. The first-order valence-electron chi connectivity index (χ1n) is 8.39. The highest BCUT2D eigenvalue weighted by molar-refractivity contribution is 7.89. The molecule has 3 heterocycles. The summed E-state index contributed by atoms with van der Waals surface area (Å²) >= 11 is 0. The van der Waals surface area contributed by atoms with Crippen LogP contribution in [0.3, 0.4) is 0 Å². The average molecular weight is 378 g/mol. The predicted molar refractivity (Wildman–Crippen MR) is 92.6 cm³/mol. The zero-order chi connectivity index (χ0) is 18.3. The van der Waals surface area contributed by atoms with Crippen molar-refractivity contribution < 1.29 is 17.5 Å². The van der Waals surface area contributed by atoms with Gasteiger partial charge in [0.2, 0.25) is 16.0 Å². The summed E-state index contributed by atoms with van der Waals surface area (Å²) in [6, 6.07) is 3.84. The molecular weight excluding hydrogens is 359 g/mol. The molecular formula is C17H19FN4O3S. The van der Waals surface area contributed by atoms with Gasteiger partial charge in [0.05, 0.1) is 30.3 Å². The number of aromatic nitrogens is 2. The zero-order valence-electron chi connectivity index (χ0n) is 14.4. The van der Waals surface area contributed by atoms with Crippen LogP contribution in [0, 0.1) is 12.7 Å². The Bertz CT molecular complexity index is 945. The minimum absolute atomic E-state index is 0.0885. The number of morpholine rings is 1. The van der Waals surface area contributed by atoms with E-state index in [9.17, 15) is 12.8 Å². The molecule has 0 amide bonds. The van der Waals surface area contributed by atoms with Gasteiger partial charge in [-0.05, 0) is 30.7 Å². The number of ether oxygens (including phenoxy) is 1. The van der Waals surface area contributed by atoms with Crippen LogP contribution in [-0.2, 0) is 27.8 Å². The first kappa shape index (κ1) is 17.3. The van der Waals surface area contributed by atoms with Crippen molar-refractivity contribution >= 4 is 16.0 Å². The maximum absolute atomic E-state index is 13.5. The second-order valence-corrected chi connectivity index (χ2v) is 8.36. The number of hydrogen-bond acceptors (Lipinski definition) is 6. The van der Waals surface area contributed by atoms with Gasteiger partial charge in [-0.2, -0.15) is 4.31 Å². The fraction of sp³-hybridized carbons (Fsp3) is 0.412. The highest BCUT2D eigenvalue weighted by atomic mass is 32.2. The fourth-order valence-electron chi connectivity index (χ4n) is 3.13. The normalized spacial score (nSPS) is 18.2. The quantitative estimate of drug-likeness (QED) is 0.805. The molecule has 0 unspecified atom stereocenters. The molecule has 0 atom stereocenters. The van der Waals surface area contributed by atoms with Gasteiger partial charge >= 0.3 is 0 Å². The number of hydrogen-bond donors (Lipinski definition) is 0. The van der Waals surface area contributed by atoms with E-state index in [-0.39, 0.29) is 18.0 Å². The Kier molecular flexibility index (Phi) is 4.37. The molecule has 9 heteroatoms. The summed E-state index contributed by atoms with van der Waals surface area (Å²) in [5.41, 5.74) is 1.81. The second-order valence-electron chi connectivity index (χ2n) is 6.43. The van der Waals surface area contributed by atoms with E-state index in [0.717, 1.165) is 18.7 Å². The van der Waals surface area contributed by atoms with E-state index in [1.165, 1.54) is 22.5 Å². The predicted octanol–water partition coefficient (Wildman–Crippen LogP) is 1.47. The van der Waals surface area contributed by atoms with Crippen molar-refractivity contribution in [2.75, 3.05) is 31.2 Å². The number of fused-ring (bicyclic) bond motifs is 1. The van der Waals surface area contributed by atoms with Gasteiger partial charge < -0.3 is 9.64 Å². The number of nitrogens with zero attached hydrogens (tertiary/aromatic N) is 4. The molecule has 1 aromatic heterocycles. The number of benzene rings is 1. The summed E-state index contributed by atoms with van der Waals surface area (Å²) in [5.74, 6) is 0.179. The molecule has 2 aliphatic heterocycles. The number of halogens is 1. The standard InChI is InChI=1S/C17H19FN4O3S/c1-12-8-14(2-3-15(12)18)26(23,24)22-10-13-9-19-17(20-16(13)11-22)21-4-6-25-7-5-21/h2-3,8-9H,4-7,10-11H2,1H3. The molecule has 0 saturated carbocycles. The van der Waals surface area contributed by atoms with Crippen molar-refractivity contribution in [2.24, 2.45) is 0 Å². The van der Waals surface area contributed by atoms with Gasteiger partial charge in [-0.15, -0.1) is 0 Å². The molecule has 0 radical (unpaired) electrons. The summed E-state index contributed by atoms with van der Waals surface area (Å²) < 4.78 is 45.9. The van der Waals surface area contributed by atoms with Gasteiger partial charge in [0.15, 0.2) is 0 Å². The topological polar surface area (TPSA) is 75.6 Å². The van der Waals surface area contributed by atoms with E-state index in [0.29, 0.717) is 30.4 Å². The Morgan fingerprint density at radius 1 is 1.19 bits per heavy atom. The van der Waals surface area contributed by atoms with Crippen LogP contribution >= 0.6 is 0 Å². The lowest BCUT2D eigenvalue weighted by molar-refractivity contribution is 0.122. The Morgan fingerprint density at radius 2 is 1.96 bits per heavy atom. The molecule has 4 rings (SSSR count). The van der Waals surface area contributed by atoms with Crippen LogP contribution in [0.4, 0.5) is 10.3 Å². The van der Waals surface area contributed by atoms with Crippen LogP contribution < -0.4 is 4.90 Å². The monoisotopic (exact) mass is 378 g/mol. The third-order valence-corrected chi connectivity index (χ3v) is 6.46. The van der Waals surface area contributed by atoms with Gasteiger partial charge in [0.25, 0.3) is 0 Å². The lowest BCUT2D eigenvalue weighted by Crippen LogP contribution is -2.37. The molecule has 1 fully saturated rings. The number of anilines is 1. The molecule has 2 aromatic rings. The maximum atomic E-state index is 13.5. The van der Waals surface area contributed by atoms with E-state index in [4.69, 9.17) is 4.74 Å².